The molecule has 6 nitrogen and oxygen atoms in total. The van der Waals surface area contributed by atoms with E-state index in [2.05, 4.69) is 9.99 Å². The van der Waals surface area contributed by atoms with Gasteiger partial charge in [0.25, 0.3) is 0 Å². The first kappa shape index (κ1) is 13.8. The molecule has 0 aliphatic carbocycles. The van der Waals surface area contributed by atoms with Crippen LogP contribution in [0.2, 0.25) is 0 Å². The second-order valence-corrected chi connectivity index (χ2v) is 4.09. The third-order valence-corrected chi connectivity index (χ3v) is 2.64. The first-order valence-electron chi connectivity index (χ1n) is 5.86. The fourth-order valence-electron chi connectivity index (χ4n) is 1.71. The predicted octanol–water partition coefficient (Wildman–Crippen LogP) is 2.09. The zero-order valence-electron chi connectivity index (χ0n) is 11.3. The number of hydrogen-bond donors (Lipinski definition) is 0. The van der Waals surface area contributed by atoms with Gasteiger partial charge in [0.2, 0.25) is 0 Å². The van der Waals surface area contributed by atoms with Gasteiger partial charge in [0, 0.05) is 12.3 Å². The van der Waals surface area contributed by atoms with E-state index in [-0.39, 0.29) is 11.3 Å². The highest BCUT2D eigenvalue weighted by Gasteiger charge is 2.11. The molecule has 1 aromatic carbocycles. The Kier molecular flexibility index (Phi) is 3.84. The normalized spacial score (nSPS) is 11.4. The van der Waals surface area contributed by atoms with Crippen molar-refractivity contribution in [1.82, 2.24) is 0 Å². The minimum absolute atomic E-state index is 0.229. The van der Waals surface area contributed by atoms with Gasteiger partial charge in [-0.15, -0.1) is 0 Å². The maximum absolute atomic E-state index is 11.9. The molecule has 20 heavy (non-hydrogen) atoms. The first-order valence-corrected chi connectivity index (χ1v) is 5.86. The van der Waals surface area contributed by atoms with E-state index in [0.717, 1.165) is 0 Å². The third-order valence-electron chi connectivity index (χ3n) is 2.64. The number of methoxy groups -OCH3 is 1. The molecule has 1 heterocycles. The Morgan fingerprint density at radius 1 is 1.30 bits per heavy atom. The van der Waals surface area contributed by atoms with Crippen LogP contribution in [0.5, 0.6) is 5.75 Å². The van der Waals surface area contributed by atoms with Gasteiger partial charge in [0.1, 0.15) is 0 Å². The smallest absolute Gasteiger partial charge is 0.345 e. The van der Waals surface area contributed by atoms with Gasteiger partial charge in [0.15, 0.2) is 11.3 Å². The standard InChI is InChI=1S/C14H13NO5/c1-8(15-20-9(2)16)11-7-10-5-4-6-12(18-3)13(10)19-14(11)17/h4-7H,1-3H3. The van der Waals surface area contributed by atoms with Crippen LogP contribution >= 0.6 is 0 Å². The summed E-state index contributed by atoms with van der Waals surface area (Å²) < 4.78 is 10.4. The Balaban J connectivity index is 2.57. The highest BCUT2D eigenvalue weighted by Crippen LogP contribution is 2.24. The molecule has 0 saturated heterocycles. The molecule has 104 valence electrons. The Labute approximate surface area is 114 Å². The molecule has 0 saturated carbocycles. The van der Waals surface area contributed by atoms with Gasteiger partial charge < -0.3 is 14.0 Å². The van der Waals surface area contributed by atoms with Gasteiger partial charge in [-0.1, -0.05) is 17.3 Å². The molecular weight excluding hydrogens is 262 g/mol. The van der Waals surface area contributed by atoms with E-state index in [1.54, 1.807) is 31.2 Å². The fourth-order valence-corrected chi connectivity index (χ4v) is 1.71. The quantitative estimate of drug-likeness (QED) is 0.371. The summed E-state index contributed by atoms with van der Waals surface area (Å²) >= 11 is 0. The average molecular weight is 275 g/mol. The van der Waals surface area contributed by atoms with E-state index >= 15 is 0 Å². The van der Waals surface area contributed by atoms with Crippen molar-refractivity contribution in [2.45, 2.75) is 13.8 Å². The highest BCUT2D eigenvalue weighted by atomic mass is 16.7. The van der Waals surface area contributed by atoms with Crippen molar-refractivity contribution in [3.05, 3.63) is 40.2 Å². The number of ether oxygens (including phenoxy) is 1. The Bertz CT molecular complexity index is 745. The summed E-state index contributed by atoms with van der Waals surface area (Å²) in [6.45, 7) is 2.78. The minimum atomic E-state index is -0.574. The number of hydrogen-bond acceptors (Lipinski definition) is 6. The largest absolute Gasteiger partial charge is 0.493 e. The van der Waals surface area contributed by atoms with E-state index in [4.69, 9.17) is 9.15 Å². The Hall–Kier alpha value is -2.63. The molecule has 0 atom stereocenters. The molecule has 0 radical (unpaired) electrons. The summed E-state index contributed by atoms with van der Waals surface area (Å²) in [5.74, 6) is -0.0862. The van der Waals surface area contributed by atoms with Crippen LogP contribution in [0.15, 0.2) is 38.6 Å². The topological polar surface area (TPSA) is 78.1 Å². The molecule has 2 rings (SSSR count). The van der Waals surface area contributed by atoms with Gasteiger partial charge in [-0.05, 0) is 19.1 Å². The molecule has 1 aromatic heterocycles. The lowest BCUT2D eigenvalue weighted by Crippen LogP contribution is -2.13. The highest BCUT2D eigenvalue weighted by molar-refractivity contribution is 6.00. The number of carbonyl (C=O) groups is 1. The summed E-state index contributed by atoms with van der Waals surface area (Å²) in [6, 6.07) is 6.88. The third kappa shape index (κ3) is 2.69. The number of fused-ring (bicyclic) bond motifs is 1. The van der Waals surface area contributed by atoms with Crippen LogP contribution in [-0.2, 0) is 9.63 Å². The maximum atomic E-state index is 11.9. The molecule has 6 heteroatoms. The number of rotatable bonds is 3. The molecule has 0 fully saturated rings. The van der Waals surface area contributed by atoms with Crippen LogP contribution in [0.25, 0.3) is 11.0 Å². The van der Waals surface area contributed by atoms with E-state index in [0.29, 0.717) is 16.7 Å². The zero-order chi connectivity index (χ0) is 14.7. The van der Waals surface area contributed by atoms with Crippen LogP contribution in [0.1, 0.15) is 19.4 Å². The molecule has 0 spiro atoms. The van der Waals surface area contributed by atoms with Crippen LogP contribution in [0.4, 0.5) is 0 Å². The molecule has 0 aliphatic rings. The van der Waals surface area contributed by atoms with Crippen molar-refractivity contribution in [2.24, 2.45) is 5.16 Å². The Morgan fingerprint density at radius 2 is 2.05 bits per heavy atom. The van der Waals surface area contributed by atoms with Crippen molar-refractivity contribution in [1.29, 1.82) is 0 Å². The van der Waals surface area contributed by atoms with Crippen LogP contribution in [0, 0.1) is 0 Å². The van der Waals surface area contributed by atoms with Gasteiger partial charge in [-0.25, -0.2) is 9.59 Å². The van der Waals surface area contributed by atoms with Crippen LogP contribution in [0.3, 0.4) is 0 Å². The molecule has 0 bridgehead atoms. The lowest BCUT2D eigenvalue weighted by molar-refractivity contribution is -0.140. The molecular formula is C14H13NO5. The number of carbonyl (C=O) groups excluding carboxylic acids is 1. The van der Waals surface area contributed by atoms with Crippen molar-refractivity contribution in [3.8, 4) is 5.75 Å². The summed E-state index contributed by atoms with van der Waals surface area (Å²) in [5.41, 5.74) is 0.283. The van der Waals surface area contributed by atoms with E-state index in [1.807, 2.05) is 0 Å². The average Bonchev–Trinajstić information content (AvgIpc) is 2.43. The molecule has 0 N–H and O–H groups in total. The summed E-state index contributed by atoms with van der Waals surface area (Å²) in [5, 5.41) is 4.27. The monoisotopic (exact) mass is 275 g/mol. The first-order chi connectivity index (χ1) is 9.52. The number of benzene rings is 1. The molecule has 0 amide bonds. The van der Waals surface area contributed by atoms with Gasteiger partial charge >= 0.3 is 11.6 Å². The number of para-hydroxylation sites is 1. The second kappa shape index (κ2) is 5.56. The van der Waals surface area contributed by atoms with E-state index in [9.17, 15) is 9.59 Å². The minimum Gasteiger partial charge on any atom is -0.493 e. The lowest BCUT2D eigenvalue weighted by Gasteiger charge is -2.05. The lowest BCUT2D eigenvalue weighted by atomic mass is 10.1. The summed E-state index contributed by atoms with van der Waals surface area (Å²) in [6.07, 6.45) is 0. The van der Waals surface area contributed by atoms with Crippen molar-refractivity contribution < 1.29 is 18.8 Å². The number of nitrogens with zero attached hydrogens (tertiary/aromatic N) is 1. The van der Waals surface area contributed by atoms with Crippen molar-refractivity contribution in [3.63, 3.8) is 0 Å². The Morgan fingerprint density at radius 3 is 2.70 bits per heavy atom. The predicted molar refractivity (Wildman–Crippen MR) is 73.0 cm³/mol. The summed E-state index contributed by atoms with van der Waals surface area (Å²) in [7, 11) is 1.50. The molecule has 0 unspecified atom stereocenters. The maximum Gasteiger partial charge on any atom is 0.345 e. The van der Waals surface area contributed by atoms with Crippen LogP contribution in [-0.4, -0.2) is 18.8 Å². The SMILES string of the molecule is COc1cccc2cc(C(C)=NOC(C)=O)c(=O)oc12. The molecule has 2 aromatic rings. The van der Waals surface area contributed by atoms with Crippen molar-refractivity contribution in [2.75, 3.05) is 7.11 Å². The van der Waals surface area contributed by atoms with Gasteiger partial charge in [-0.3, -0.25) is 0 Å². The summed E-state index contributed by atoms with van der Waals surface area (Å²) in [4.78, 5) is 27.2. The fraction of sp³-hybridized carbons (Fsp3) is 0.214. The van der Waals surface area contributed by atoms with E-state index < -0.39 is 11.6 Å². The molecule has 0 aliphatic heterocycles. The van der Waals surface area contributed by atoms with Gasteiger partial charge in [-0.2, -0.15) is 0 Å². The van der Waals surface area contributed by atoms with Crippen LogP contribution < -0.4 is 10.4 Å². The van der Waals surface area contributed by atoms with Crippen molar-refractivity contribution >= 4 is 22.7 Å². The number of oxime groups is 1. The second-order valence-electron chi connectivity index (χ2n) is 4.09. The zero-order valence-corrected chi connectivity index (χ0v) is 11.3. The van der Waals surface area contributed by atoms with Gasteiger partial charge in [0.05, 0.1) is 18.4 Å². The van der Waals surface area contributed by atoms with E-state index in [1.165, 1.54) is 14.0 Å².